The van der Waals surface area contributed by atoms with E-state index in [1.165, 1.54) is 0 Å². The van der Waals surface area contributed by atoms with E-state index >= 15 is 0 Å². The summed E-state index contributed by atoms with van der Waals surface area (Å²) in [4.78, 5) is 20.3. The number of benzene rings is 1. The van der Waals surface area contributed by atoms with Crippen LogP contribution in [0.1, 0.15) is 63.0 Å². The molecule has 1 amide bonds. The Morgan fingerprint density at radius 1 is 1.04 bits per heavy atom. The molecule has 1 aliphatic carbocycles. The highest BCUT2D eigenvalue weighted by Crippen LogP contribution is 2.48. The van der Waals surface area contributed by atoms with Crippen LogP contribution < -0.4 is 0 Å². The molecule has 3 heterocycles. The number of aromatic nitrogens is 3. The Balaban J connectivity index is 1.44. The van der Waals surface area contributed by atoms with Crippen LogP contribution in [0.15, 0.2) is 36.9 Å². The molecule has 27 heavy (non-hydrogen) atoms. The van der Waals surface area contributed by atoms with Gasteiger partial charge in [-0.15, -0.1) is 0 Å². The number of hydrogen-bond donors (Lipinski definition) is 0. The first-order chi connectivity index (χ1) is 13.2. The third-order valence-corrected chi connectivity index (χ3v) is 7.27. The Bertz CT molecular complexity index is 799. The summed E-state index contributed by atoms with van der Waals surface area (Å²) in [6.45, 7) is 0. The van der Waals surface area contributed by atoms with Gasteiger partial charge in [0.05, 0.1) is 11.5 Å². The van der Waals surface area contributed by atoms with Crippen LogP contribution in [0.5, 0.6) is 0 Å². The predicted molar refractivity (Wildman–Crippen MR) is 104 cm³/mol. The zero-order valence-corrected chi connectivity index (χ0v) is 16.2. The van der Waals surface area contributed by atoms with Gasteiger partial charge in [0.2, 0.25) is 5.91 Å². The first kappa shape index (κ1) is 17.2. The summed E-state index contributed by atoms with van der Waals surface area (Å²) in [5.41, 5.74) is 0.790. The minimum absolute atomic E-state index is 0.329. The Hall–Kier alpha value is -1.88. The molecule has 3 aliphatic rings. The molecular weight excluding hydrogens is 360 g/mol. The van der Waals surface area contributed by atoms with Gasteiger partial charge in [-0.3, -0.25) is 4.79 Å². The van der Waals surface area contributed by atoms with Gasteiger partial charge in [0.25, 0.3) is 0 Å². The van der Waals surface area contributed by atoms with E-state index in [2.05, 4.69) is 27.1 Å². The van der Waals surface area contributed by atoms with Gasteiger partial charge in [0.1, 0.15) is 12.7 Å². The van der Waals surface area contributed by atoms with Gasteiger partial charge in [0, 0.05) is 17.1 Å². The number of carbonyl (C=O) groups is 1. The Morgan fingerprint density at radius 3 is 2.30 bits per heavy atom. The van der Waals surface area contributed by atoms with Crippen molar-refractivity contribution in [3.63, 3.8) is 0 Å². The lowest BCUT2D eigenvalue weighted by molar-refractivity contribution is -0.142. The number of fused-ring (bicyclic) bond motifs is 2. The van der Waals surface area contributed by atoms with E-state index in [4.69, 9.17) is 11.6 Å². The van der Waals surface area contributed by atoms with E-state index in [0.717, 1.165) is 62.0 Å². The smallest absolute Gasteiger partial charge is 0.233 e. The van der Waals surface area contributed by atoms with E-state index < -0.39 is 0 Å². The van der Waals surface area contributed by atoms with Gasteiger partial charge >= 0.3 is 0 Å². The van der Waals surface area contributed by atoms with Gasteiger partial charge in [-0.25, -0.2) is 9.67 Å². The molecule has 142 valence electrons. The third kappa shape index (κ3) is 2.78. The van der Waals surface area contributed by atoms with Crippen molar-refractivity contribution in [1.29, 1.82) is 0 Å². The summed E-state index contributed by atoms with van der Waals surface area (Å²) in [7, 11) is 0. The van der Waals surface area contributed by atoms with Crippen LogP contribution in [0, 0.1) is 0 Å². The highest BCUT2D eigenvalue weighted by atomic mass is 35.5. The van der Waals surface area contributed by atoms with Crippen LogP contribution >= 0.6 is 11.6 Å². The average Bonchev–Trinajstić information content (AvgIpc) is 3.42. The highest BCUT2D eigenvalue weighted by molar-refractivity contribution is 6.30. The van der Waals surface area contributed by atoms with Crippen LogP contribution in [-0.2, 0) is 10.2 Å². The van der Waals surface area contributed by atoms with Crippen LogP contribution in [0.4, 0.5) is 0 Å². The minimum atomic E-state index is -0.356. The van der Waals surface area contributed by atoms with Gasteiger partial charge in [-0.2, -0.15) is 5.10 Å². The molecule has 5 nitrogen and oxygen atoms in total. The maximum Gasteiger partial charge on any atom is 0.233 e. The fourth-order valence-electron chi connectivity index (χ4n) is 5.72. The molecular formula is C21H25ClN4O. The standard InChI is InChI=1S/C21H25ClN4O/c22-16-5-3-15(4-6-16)21(9-1-2-10-21)20(27)26-17-7-8-18(26)12-19(11-17)25-14-23-13-24-25/h3-6,13-14,17-19H,1-2,7-12H2. The van der Waals surface area contributed by atoms with Gasteiger partial charge in [0.15, 0.2) is 0 Å². The topological polar surface area (TPSA) is 51.0 Å². The van der Waals surface area contributed by atoms with Crippen LogP contribution in [0.25, 0.3) is 0 Å². The lowest BCUT2D eigenvalue weighted by Gasteiger charge is -2.43. The number of carbonyl (C=O) groups excluding carboxylic acids is 1. The van der Waals surface area contributed by atoms with Crippen molar-refractivity contribution in [3.8, 4) is 0 Å². The number of piperidine rings is 1. The zero-order valence-electron chi connectivity index (χ0n) is 15.4. The van der Waals surface area contributed by atoms with Crippen molar-refractivity contribution in [2.45, 2.75) is 74.9 Å². The second kappa shape index (κ2) is 6.62. The molecule has 2 saturated heterocycles. The van der Waals surface area contributed by atoms with Gasteiger partial charge in [-0.05, 0) is 56.2 Å². The summed E-state index contributed by atoms with van der Waals surface area (Å²) in [6, 6.07) is 9.01. The normalized spacial score (nSPS) is 29.2. The van der Waals surface area contributed by atoms with Crippen LogP contribution in [0.2, 0.25) is 5.02 Å². The van der Waals surface area contributed by atoms with Crippen molar-refractivity contribution in [2.24, 2.45) is 0 Å². The molecule has 3 fully saturated rings. The number of nitrogens with zero attached hydrogens (tertiary/aromatic N) is 4. The van der Waals surface area contributed by atoms with Crippen molar-refractivity contribution in [2.75, 3.05) is 0 Å². The summed E-state index contributed by atoms with van der Waals surface area (Å²) in [5.74, 6) is 0.354. The largest absolute Gasteiger partial charge is 0.336 e. The summed E-state index contributed by atoms with van der Waals surface area (Å²) < 4.78 is 1.98. The Kier molecular flexibility index (Phi) is 4.23. The monoisotopic (exact) mass is 384 g/mol. The molecule has 2 atom stereocenters. The second-order valence-electron chi connectivity index (χ2n) is 8.39. The van der Waals surface area contributed by atoms with Crippen molar-refractivity contribution in [1.82, 2.24) is 19.7 Å². The predicted octanol–water partition coefficient (Wildman–Crippen LogP) is 4.14. The molecule has 0 radical (unpaired) electrons. The Labute approximate surface area is 164 Å². The number of halogens is 1. The van der Waals surface area contributed by atoms with Gasteiger partial charge < -0.3 is 4.90 Å². The molecule has 2 aliphatic heterocycles. The average molecular weight is 385 g/mol. The second-order valence-corrected chi connectivity index (χ2v) is 8.83. The lowest BCUT2D eigenvalue weighted by Crippen LogP contribution is -2.53. The third-order valence-electron chi connectivity index (χ3n) is 7.02. The van der Waals surface area contributed by atoms with Crippen molar-refractivity contribution >= 4 is 17.5 Å². The van der Waals surface area contributed by atoms with E-state index in [1.807, 2.05) is 23.1 Å². The number of hydrogen-bond acceptors (Lipinski definition) is 3. The number of rotatable bonds is 3. The van der Waals surface area contributed by atoms with E-state index in [9.17, 15) is 4.79 Å². The summed E-state index contributed by atoms with van der Waals surface area (Å²) in [5, 5.41) is 5.07. The lowest BCUT2D eigenvalue weighted by atomic mass is 9.76. The molecule has 2 aromatic rings. The molecule has 0 N–H and O–H groups in total. The van der Waals surface area contributed by atoms with E-state index in [0.29, 0.717) is 24.0 Å². The molecule has 1 saturated carbocycles. The van der Waals surface area contributed by atoms with Crippen molar-refractivity contribution < 1.29 is 4.79 Å². The van der Waals surface area contributed by atoms with E-state index in [-0.39, 0.29) is 5.41 Å². The number of amides is 1. The van der Waals surface area contributed by atoms with Crippen molar-refractivity contribution in [3.05, 3.63) is 47.5 Å². The van der Waals surface area contributed by atoms with Crippen LogP contribution in [0.3, 0.4) is 0 Å². The molecule has 0 spiro atoms. The first-order valence-electron chi connectivity index (χ1n) is 10.1. The summed E-state index contributed by atoms with van der Waals surface area (Å²) in [6.07, 6.45) is 11.8. The molecule has 1 aromatic heterocycles. The SMILES string of the molecule is O=C(N1C2CCC1CC(n1cncn1)C2)C1(c2ccc(Cl)cc2)CCCC1. The maximum absolute atomic E-state index is 13.9. The first-order valence-corrected chi connectivity index (χ1v) is 10.5. The fraction of sp³-hybridized carbons (Fsp3) is 0.571. The molecule has 5 rings (SSSR count). The van der Waals surface area contributed by atoms with Crippen LogP contribution in [-0.4, -0.2) is 37.7 Å². The molecule has 1 aromatic carbocycles. The zero-order chi connectivity index (χ0) is 18.4. The summed E-state index contributed by atoms with van der Waals surface area (Å²) >= 11 is 6.10. The van der Waals surface area contributed by atoms with Gasteiger partial charge in [-0.1, -0.05) is 36.6 Å². The Morgan fingerprint density at radius 2 is 1.70 bits per heavy atom. The fourth-order valence-corrected chi connectivity index (χ4v) is 5.85. The quantitative estimate of drug-likeness (QED) is 0.799. The molecule has 6 heteroatoms. The minimum Gasteiger partial charge on any atom is -0.336 e. The molecule has 2 bridgehead atoms. The highest BCUT2D eigenvalue weighted by Gasteiger charge is 2.52. The molecule has 2 unspecified atom stereocenters. The van der Waals surface area contributed by atoms with E-state index in [1.54, 1.807) is 6.33 Å². The maximum atomic E-state index is 13.9.